The number of nitrogens with one attached hydrogen (secondary N) is 1. The first-order valence-electron chi connectivity index (χ1n) is 6.27. The van der Waals surface area contributed by atoms with E-state index in [9.17, 15) is 0 Å². The second-order valence-corrected chi connectivity index (χ2v) is 5.21. The number of nitrogens with two attached hydrogens (primary N) is 1. The Kier molecular flexibility index (Phi) is 3.88. The van der Waals surface area contributed by atoms with Crippen molar-refractivity contribution in [3.63, 3.8) is 0 Å². The largest absolute Gasteiger partial charge is 0.378 e. The third-order valence-corrected chi connectivity index (χ3v) is 3.62. The van der Waals surface area contributed by atoms with E-state index in [4.69, 9.17) is 10.5 Å². The molecule has 20 heavy (non-hydrogen) atoms. The van der Waals surface area contributed by atoms with Gasteiger partial charge in [-0.3, -0.25) is 4.98 Å². The number of nitrogens with zero attached hydrogens (tertiary/aromatic N) is 5. The lowest BCUT2D eigenvalue weighted by Crippen LogP contribution is -2.37. The maximum Gasteiger partial charge on any atom is 0.232 e. The number of ether oxygens (including phenoxy) is 1. The van der Waals surface area contributed by atoms with Gasteiger partial charge in [-0.1, -0.05) is 0 Å². The molecule has 106 valence electrons. The van der Waals surface area contributed by atoms with Crippen LogP contribution in [0.1, 0.15) is 4.88 Å². The van der Waals surface area contributed by atoms with Crippen LogP contribution in [-0.2, 0) is 11.3 Å². The lowest BCUT2D eigenvalue weighted by atomic mass is 10.4. The minimum atomic E-state index is 0.216. The average molecular weight is 293 g/mol. The van der Waals surface area contributed by atoms with Gasteiger partial charge in [-0.05, 0) is 0 Å². The van der Waals surface area contributed by atoms with Gasteiger partial charge < -0.3 is 20.7 Å². The summed E-state index contributed by atoms with van der Waals surface area (Å²) in [6.45, 7) is 3.50. The van der Waals surface area contributed by atoms with Gasteiger partial charge in [0.15, 0.2) is 0 Å². The Morgan fingerprint density at radius 1 is 1.30 bits per heavy atom. The van der Waals surface area contributed by atoms with E-state index >= 15 is 0 Å². The highest BCUT2D eigenvalue weighted by Crippen LogP contribution is 2.14. The number of hydrogen-bond donors (Lipinski definition) is 2. The molecule has 0 amide bonds. The molecule has 0 spiro atoms. The molecule has 0 bridgehead atoms. The van der Waals surface area contributed by atoms with Crippen molar-refractivity contribution in [2.75, 3.05) is 42.3 Å². The molecular formula is C11H15N7OS. The third kappa shape index (κ3) is 3.11. The fourth-order valence-electron chi connectivity index (χ4n) is 1.86. The average Bonchev–Trinajstić information content (AvgIpc) is 2.99. The SMILES string of the molecule is Nc1nc(NCc2cncs2)nc(N2CCOCC2)n1. The van der Waals surface area contributed by atoms with Gasteiger partial charge in [-0.25, -0.2) is 0 Å². The molecule has 0 unspecified atom stereocenters. The van der Waals surface area contributed by atoms with Gasteiger partial charge in [0.05, 0.1) is 25.3 Å². The summed E-state index contributed by atoms with van der Waals surface area (Å²) in [7, 11) is 0. The van der Waals surface area contributed by atoms with E-state index in [1.165, 1.54) is 0 Å². The van der Waals surface area contributed by atoms with Crippen molar-refractivity contribution in [1.29, 1.82) is 0 Å². The molecular weight excluding hydrogens is 278 g/mol. The second-order valence-electron chi connectivity index (χ2n) is 4.24. The van der Waals surface area contributed by atoms with Crippen LogP contribution < -0.4 is 16.0 Å². The lowest BCUT2D eigenvalue weighted by Gasteiger charge is -2.26. The Labute approximate surface area is 120 Å². The monoisotopic (exact) mass is 293 g/mol. The molecule has 3 rings (SSSR count). The summed E-state index contributed by atoms with van der Waals surface area (Å²) in [6.07, 6.45) is 1.81. The van der Waals surface area contributed by atoms with Crippen LogP contribution in [0, 0.1) is 0 Å². The predicted molar refractivity (Wildman–Crippen MR) is 76.7 cm³/mol. The van der Waals surface area contributed by atoms with Crippen LogP contribution in [0.25, 0.3) is 0 Å². The molecule has 9 heteroatoms. The minimum Gasteiger partial charge on any atom is -0.378 e. The van der Waals surface area contributed by atoms with Crippen LogP contribution >= 0.6 is 11.3 Å². The van der Waals surface area contributed by atoms with Gasteiger partial charge >= 0.3 is 0 Å². The van der Waals surface area contributed by atoms with Crippen LogP contribution in [0.2, 0.25) is 0 Å². The van der Waals surface area contributed by atoms with E-state index in [0.717, 1.165) is 18.0 Å². The summed E-state index contributed by atoms with van der Waals surface area (Å²) >= 11 is 1.58. The van der Waals surface area contributed by atoms with Crippen LogP contribution in [0.3, 0.4) is 0 Å². The zero-order valence-electron chi connectivity index (χ0n) is 10.8. The number of aromatic nitrogens is 4. The summed E-state index contributed by atoms with van der Waals surface area (Å²) in [4.78, 5) is 19.8. The molecule has 3 N–H and O–H groups in total. The molecule has 1 aliphatic heterocycles. The Bertz CT molecular complexity index is 556. The van der Waals surface area contributed by atoms with E-state index in [1.807, 2.05) is 11.1 Å². The Hall–Kier alpha value is -2.00. The molecule has 8 nitrogen and oxygen atoms in total. The molecule has 0 aromatic carbocycles. The van der Waals surface area contributed by atoms with Crippen LogP contribution in [-0.4, -0.2) is 46.2 Å². The Balaban J connectivity index is 1.72. The molecule has 0 radical (unpaired) electrons. The lowest BCUT2D eigenvalue weighted by molar-refractivity contribution is 0.122. The molecule has 1 aliphatic rings. The highest BCUT2D eigenvalue weighted by atomic mass is 32.1. The summed E-state index contributed by atoms with van der Waals surface area (Å²) in [5.41, 5.74) is 7.53. The van der Waals surface area contributed by atoms with Crippen molar-refractivity contribution in [2.24, 2.45) is 0 Å². The van der Waals surface area contributed by atoms with Gasteiger partial charge in [0.1, 0.15) is 0 Å². The summed E-state index contributed by atoms with van der Waals surface area (Å²) in [5.74, 6) is 1.29. The Morgan fingerprint density at radius 3 is 2.90 bits per heavy atom. The maximum atomic E-state index is 5.75. The van der Waals surface area contributed by atoms with Crippen molar-refractivity contribution in [3.05, 3.63) is 16.6 Å². The third-order valence-electron chi connectivity index (χ3n) is 2.84. The summed E-state index contributed by atoms with van der Waals surface area (Å²) in [5, 5.41) is 3.14. The highest BCUT2D eigenvalue weighted by molar-refractivity contribution is 7.09. The smallest absolute Gasteiger partial charge is 0.232 e. The number of nitrogen functional groups attached to an aromatic ring is 1. The van der Waals surface area contributed by atoms with Crippen LogP contribution in [0.15, 0.2) is 11.7 Å². The zero-order chi connectivity index (χ0) is 13.8. The number of anilines is 3. The first-order chi connectivity index (χ1) is 9.81. The second kappa shape index (κ2) is 5.97. The molecule has 0 saturated carbocycles. The van der Waals surface area contributed by atoms with Gasteiger partial charge in [0, 0.05) is 24.2 Å². The number of morpholine rings is 1. The van der Waals surface area contributed by atoms with E-state index < -0.39 is 0 Å². The fourth-order valence-corrected chi connectivity index (χ4v) is 2.39. The van der Waals surface area contributed by atoms with Crippen molar-refractivity contribution in [1.82, 2.24) is 19.9 Å². The zero-order valence-corrected chi connectivity index (χ0v) is 11.6. The quantitative estimate of drug-likeness (QED) is 0.833. The van der Waals surface area contributed by atoms with Crippen LogP contribution in [0.5, 0.6) is 0 Å². The van der Waals surface area contributed by atoms with Gasteiger partial charge in [-0.2, -0.15) is 15.0 Å². The highest BCUT2D eigenvalue weighted by Gasteiger charge is 2.15. The minimum absolute atomic E-state index is 0.216. The molecule has 1 saturated heterocycles. The number of hydrogen-bond acceptors (Lipinski definition) is 9. The van der Waals surface area contributed by atoms with Crippen LogP contribution in [0.4, 0.5) is 17.8 Å². The normalized spacial score (nSPS) is 15.3. The van der Waals surface area contributed by atoms with E-state index in [0.29, 0.717) is 31.7 Å². The first-order valence-corrected chi connectivity index (χ1v) is 7.15. The molecule has 0 aliphatic carbocycles. The number of thiazole rings is 1. The Morgan fingerprint density at radius 2 is 2.15 bits per heavy atom. The van der Waals surface area contributed by atoms with Crippen molar-refractivity contribution < 1.29 is 4.74 Å². The maximum absolute atomic E-state index is 5.75. The van der Waals surface area contributed by atoms with Crippen molar-refractivity contribution in [2.45, 2.75) is 6.54 Å². The molecule has 3 heterocycles. The summed E-state index contributed by atoms with van der Waals surface area (Å²) < 4.78 is 5.31. The molecule has 1 fully saturated rings. The van der Waals surface area contributed by atoms with E-state index in [2.05, 4.69) is 25.3 Å². The summed E-state index contributed by atoms with van der Waals surface area (Å²) in [6, 6.07) is 0. The molecule has 0 atom stereocenters. The van der Waals surface area contributed by atoms with Crippen molar-refractivity contribution in [3.8, 4) is 0 Å². The number of rotatable bonds is 4. The van der Waals surface area contributed by atoms with E-state index in [-0.39, 0.29) is 5.95 Å². The topological polar surface area (TPSA) is 102 Å². The first kappa shape index (κ1) is 13.0. The van der Waals surface area contributed by atoms with Gasteiger partial charge in [0.2, 0.25) is 17.8 Å². The van der Waals surface area contributed by atoms with Crippen molar-refractivity contribution >= 4 is 29.2 Å². The van der Waals surface area contributed by atoms with Gasteiger partial charge in [0.25, 0.3) is 0 Å². The van der Waals surface area contributed by atoms with E-state index in [1.54, 1.807) is 16.8 Å². The fraction of sp³-hybridized carbons (Fsp3) is 0.455. The predicted octanol–water partition coefficient (Wildman–Crippen LogP) is 0.359. The van der Waals surface area contributed by atoms with Gasteiger partial charge in [-0.15, -0.1) is 11.3 Å². The molecule has 2 aromatic heterocycles. The standard InChI is InChI=1S/C11H15N7OS/c12-9-15-10(14-6-8-5-13-7-20-8)17-11(16-9)18-1-3-19-4-2-18/h5,7H,1-4,6H2,(H3,12,14,15,16,17). The molecule has 2 aromatic rings.